The van der Waals surface area contributed by atoms with Gasteiger partial charge in [-0.15, -0.1) is 0 Å². The van der Waals surface area contributed by atoms with Crippen LogP contribution in [0.3, 0.4) is 0 Å². The van der Waals surface area contributed by atoms with Crippen molar-refractivity contribution in [3.05, 3.63) is 0 Å². The van der Waals surface area contributed by atoms with Gasteiger partial charge in [0, 0.05) is 0 Å². The Morgan fingerprint density at radius 2 is 1.17 bits per heavy atom. The summed E-state index contributed by atoms with van der Waals surface area (Å²) in [5, 5.41) is 0. The molecule has 0 aliphatic rings. The van der Waals surface area contributed by atoms with Crippen molar-refractivity contribution >= 4 is 50.6 Å². The molecule has 3 heteroatoms. The Hall–Kier alpha value is 1.75. The topological polar surface area (TPSA) is 0 Å². The van der Waals surface area contributed by atoms with Crippen molar-refractivity contribution in [2.45, 2.75) is 0 Å². The van der Waals surface area contributed by atoms with Gasteiger partial charge in [-0.25, -0.2) is 0 Å². The minimum absolute atomic E-state index is 0. The van der Waals surface area contributed by atoms with Crippen LogP contribution in [0.25, 0.3) is 0 Å². The number of rotatable bonds is 0. The van der Waals surface area contributed by atoms with Crippen molar-refractivity contribution in [2.24, 2.45) is 0 Å². The molecule has 0 aliphatic heterocycles. The van der Waals surface area contributed by atoms with Gasteiger partial charge in [-0.3, -0.25) is 0 Å². The molecule has 0 amide bonds. The van der Waals surface area contributed by atoms with Crippen molar-refractivity contribution < 1.29 is 0 Å². The zero-order valence-electron chi connectivity index (χ0n) is 4.49. The fourth-order valence-electron chi connectivity index (χ4n) is 0. The molecule has 0 unspecified atom stereocenters. The maximum absolute atomic E-state index is 3.46. The summed E-state index contributed by atoms with van der Waals surface area (Å²) in [6.07, 6.45) is 6.56. The first-order valence-corrected chi connectivity index (χ1v) is 6.08. The van der Waals surface area contributed by atoms with Crippen LogP contribution in [0, 0.1) is 0 Å². The molecule has 0 atom stereocenters. The van der Waals surface area contributed by atoms with E-state index in [4.69, 9.17) is 0 Å². The van der Waals surface area contributed by atoms with Crippen LogP contribution in [0.5, 0.6) is 0 Å². The van der Waals surface area contributed by atoms with E-state index in [0.717, 1.165) is 0 Å². The summed E-state index contributed by atoms with van der Waals surface area (Å²) in [7, 11) is -0.354. The molecular formula is C3H11BrPbS. The molecule has 0 aromatic carbocycles. The predicted octanol–water partition coefficient (Wildman–Crippen LogP) is 1.07. The van der Waals surface area contributed by atoms with Gasteiger partial charge in [-0.1, -0.05) is 0 Å². The standard InChI is InChI=1S/C3H9BrS.Pb.2H/c1-5(2,3)4;;;/h1-3H3;;;. The van der Waals surface area contributed by atoms with Gasteiger partial charge < -0.3 is 0 Å². The minimum atomic E-state index is -0.354. The fraction of sp³-hybridized carbons (Fsp3) is 1.00. The molecule has 0 rings (SSSR count). The number of halogens is 1. The van der Waals surface area contributed by atoms with E-state index < -0.39 is 0 Å². The Labute approximate surface area is 68.8 Å². The van der Waals surface area contributed by atoms with E-state index in [1.165, 1.54) is 0 Å². The van der Waals surface area contributed by atoms with Crippen LogP contribution in [0.15, 0.2) is 0 Å². The van der Waals surface area contributed by atoms with Crippen LogP contribution in [-0.2, 0) is 0 Å². The Bertz CT molecular complexity index is 26.3. The van der Waals surface area contributed by atoms with E-state index in [1.807, 2.05) is 0 Å². The first kappa shape index (κ1) is 10.7. The van der Waals surface area contributed by atoms with Crippen LogP contribution < -0.4 is 0 Å². The molecule has 6 heavy (non-hydrogen) atoms. The van der Waals surface area contributed by atoms with Gasteiger partial charge in [0.15, 0.2) is 0 Å². The number of hydrogen-bond acceptors (Lipinski definition) is 0. The molecule has 0 N–H and O–H groups in total. The third kappa shape index (κ3) is 42.3. The van der Waals surface area contributed by atoms with Crippen molar-refractivity contribution in [1.29, 1.82) is 0 Å². The van der Waals surface area contributed by atoms with Crippen molar-refractivity contribution in [3.8, 4) is 0 Å². The van der Waals surface area contributed by atoms with Gasteiger partial charge in [0.1, 0.15) is 0 Å². The summed E-state index contributed by atoms with van der Waals surface area (Å²) in [4.78, 5) is 0. The van der Waals surface area contributed by atoms with E-state index >= 15 is 0 Å². The molecule has 0 spiro atoms. The third-order valence-electron chi connectivity index (χ3n) is 0. The molecular weight excluding hydrogens is 355 g/mol. The van der Waals surface area contributed by atoms with Gasteiger partial charge in [0.05, 0.1) is 0 Å². The quantitative estimate of drug-likeness (QED) is 0.563. The molecule has 40 valence electrons. The Morgan fingerprint density at radius 3 is 1.17 bits per heavy atom. The second-order valence-corrected chi connectivity index (χ2v) is 10.9. The van der Waals surface area contributed by atoms with Gasteiger partial charge in [0.2, 0.25) is 0 Å². The van der Waals surface area contributed by atoms with Crippen molar-refractivity contribution in [1.82, 2.24) is 0 Å². The summed E-state index contributed by atoms with van der Waals surface area (Å²) in [5.41, 5.74) is 0. The van der Waals surface area contributed by atoms with Crippen LogP contribution in [0.4, 0.5) is 0 Å². The molecule has 0 aliphatic carbocycles. The summed E-state index contributed by atoms with van der Waals surface area (Å²) in [6, 6.07) is 0. The van der Waals surface area contributed by atoms with E-state index in [1.54, 1.807) is 0 Å². The molecule has 0 saturated heterocycles. The van der Waals surface area contributed by atoms with E-state index in [-0.39, 0.29) is 35.8 Å². The van der Waals surface area contributed by atoms with E-state index in [0.29, 0.717) is 0 Å². The second-order valence-electron chi connectivity index (χ2n) is 1.69. The Kier molecular flexibility index (Phi) is 6.62. The second kappa shape index (κ2) is 3.72. The van der Waals surface area contributed by atoms with Crippen LogP contribution in [0.2, 0.25) is 0 Å². The molecule has 0 aromatic heterocycles. The Balaban J connectivity index is 0. The Morgan fingerprint density at radius 1 is 1.17 bits per heavy atom. The SMILES string of the molecule is CS(C)(C)Br.[PbH2]. The van der Waals surface area contributed by atoms with Gasteiger partial charge >= 0.3 is 27.3 Å². The van der Waals surface area contributed by atoms with Crippen molar-refractivity contribution in [3.63, 3.8) is 0 Å². The van der Waals surface area contributed by atoms with E-state index in [9.17, 15) is 0 Å². The first-order chi connectivity index (χ1) is 2.00. The van der Waals surface area contributed by atoms with Gasteiger partial charge in [0.25, 0.3) is 0 Å². The molecule has 2 radical (unpaired) electrons. The molecule has 0 heterocycles. The molecule has 0 aromatic rings. The monoisotopic (exact) mass is 366 g/mol. The maximum atomic E-state index is 3.46. The molecule has 0 fully saturated rings. The summed E-state index contributed by atoms with van der Waals surface area (Å²) in [5.74, 6) is 0. The zero-order chi connectivity index (χ0) is 4.50. The van der Waals surface area contributed by atoms with Crippen LogP contribution >= 0.6 is 23.3 Å². The average molecular weight is 366 g/mol. The molecule has 0 bridgehead atoms. The first-order valence-electron chi connectivity index (χ1n) is 1.38. The van der Waals surface area contributed by atoms with Crippen LogP contribution in [0.1, 0.15) is 0 Å². The summed E-state index contributed by atoms with van der Waals surface area (Å²) < 4.78 is 0. The van der Waals surface area contributed by atoms with Gasteiger partial charge in [-0.05, 0) is 33.6 Å². The average Bonchev–Trinajstić information content (AvgIpc) is 0.722. The van der Waals surface area contributed by atoms with Crippen LogP contribution in [-0.4, -0.2) is 46.1 Å². The molecule has 0 nitrogen and oxygen atoms in total. The fourth-order valence-corrected chi connectivity index (χ4v) is 0. The zero-order valence-corrected chi connectivity index (χ0v) is 12.4. The number of hydrogen-bond donors (Lipinski definition) is 0. The summed E-state index contributed by atoms with van der Waals surface area (Å²) >= 11 is 3.46. The predicted molar refractivity (Wildman–Crippen MR) is 42.8 cm³/mol. The van der Waals surface area contributed by atoms with E-state index in [2.05, 4.69) is 33.6 Å². The third-order valence-corrected chi connectivity index (χ3v) is 0. The summed E-state index contributed by atoms with van der Waals surface area (Å²) in [6.45, 7) is 0. The molecule has 0 saturated carbocycles. The van der Waals surface area contributed by atoms with Crippen molar-refractivity contribution in [2.75, 3.05) is 18.8 Å². The van der Waals surface area contributed by atoms with Gasteiger partial charge in [-0.2, -0.15) is 8.46 Å². The normalized spacial score (nSPS) is 12.7.